The minimum absolute atomic E-state index is 0.0890. The first-order valence-electron chi connectivity index (χ1n) is 10.4. The van der Waals surface area contributed by atoms with Gasteiger partial charge >= 0.3 is 0 Å². The topological polar surface area (TPSA) is 50.6 Å². The highest BCUT2D eigenvalue weighted by atomic mass is 19.1. The standard InChI is InChI=1S/C22H29FN4O2/c1-16-12-17(6-7-19(16)23)22(28)27-10-11-29-20(15-26-8-4-3-5-9-26)21(27)18-13-24-25(2)14-18/h6-7,12-14,20-21H,3-5,8-11,15H2,1-2H3/t20-,21-/m0/s1. The van der Waals surface area contributed by atoms with Crippen molar-refractivity contribution in [2.24, 2.45) is 7.05 Å². The molecule has 4 rings (SSSR count). The van der Waals surface area contributed by atoms with Gasteiger partial charge in [0.05, 0.1) is 24.9 Å². The van der Waals surface area contributed by atoms with E-state index in [2.05, 4.69) is 10.00 Å². The first kappa shape index (κ1) is 20.0. The summed E-state index contributed by atoms with van der Waals surface area (Å²) in [5.41, 5.74) is 1.96. The zero-order valence-corrected chi connectivity index (χ0v) is 17.2. The van der Waals surface area contributed by atoms with Crippen molar-refractivity contribution in [2.75, 3.05) is 32.8 Å². The molecule has 2 aromatic rings. The van der Waals surface area contributed by atoms with E-state index >= 15 is 0 Å². The van der Waals surface area contributed by atoms with Gasteiger partial charge < -0.3 is 14.5 Å². The number of aryl methyl sites for hydroxylation is 2. The first-order chi connectivity index (χ1) is 14.0. The highest BCUT2D eigenvalue weighted by Gasteiger charge is 2.38. The first-order valence-corrected chi connectivity index (χ1v) is 10.4. The van der Waals surface area contributed by atoms with Crippen molar-refractivity contribution in [1.29, 1.82) is 0 Å². The van der Waals surface area contributed by atoms with E-state index in [-0.39, 0.29) is 23.9 Å². The number of piperidine rings is 1. The van der Waals surface area contributed by atoms with Crippen LogP contribution in [0.15, 0.2) is 30.6 Å². The minimum atomic E-state index is -0.296. The second-order valence-electron chi connectivity index (χ2n) is 8.13. The number of ether oxygens (including phenoxy) is 1. The molecule has 29 heavy (non-hydrogen) atoms. The van der Waals surface area contributed by atoms with Gasteiger partial charge in [-0.1, -0.05) is 6.42 Å². The van der Waals surface area contributed by atoms with E-state index in [9.17, 15) is 9.18 Å². The quantitative estimate of drug-likeness (QED) is 0.792. The van der Waals surface area contributed by atoms with Crippen molar-refractivity contribution in [3.05, 3.63) is 53.1 Å². The third kappa shape index (κ3) is 4.36. The number of benzene rings is 1. The summed E-state index contributed by atoms with van der Waals surface area (Å²) in [6.45, 7) is 5.64. The highest BCUT2D eigenvalue weighted by Crippen LogP contribution is 2.32. The van der Waals surface area contributed by atoms with E-state index in [1.54, 1.807) is 23.7 Å². The summed E-state index contributed by atoms with van der Waals surface area (Å²) in [5, 5.41) is 4.33. The number of carbonyl (C=O) groups excluding carboxylic acids is 1. The van der Waals surface area contributed by atoms with Gasteiger partial charge in [-0.05, 0) is 56.6 Å². The number of aromatic nitrogens is 2. The molecule has 1 aromatic heterocycles. The molecule has 2 saturated heterocycles. The largest absolute Gasteiger partial charge is 0.373 e. The maximum atomic E-state index is 13.7. The van der Waals surface area contributed by atoms with Gasteiger partial charge in [0, 0.05) is 37.5 Å². The van der Waals surface area contributed by atoms with E-state index in [4.69, 9.17) is 4.74 Å². The van der Waals surface area contributed by atoms with Crippen LogP contribution in [0.25, 0.3) is 0 Å². The summed E-state index contributed by atoms with van der Waals surface area (Å²) >= 11 is 0. The monoisotopic (exact) mass is 400 g/mol. The Morgan fingerprint density at radius 1 is 1.24 bits per heavy atom. The molecule has 0 N–H and O–H groups in total. The van der Waals surface area contributed by atoms with Crippen LogP contribution in [0.1, 0.15) is 46.8 Å². The van der Waals surface area contributed by atoms with Crippen LogP contribution in [0, 0.1) is 12.7 Å². The molecule has 156 valence electrons. The maximum absolute atomic E-state index is 13.7. The molecule has 2 atom stereocenters. The molecule has 6 nitrogen and oxygen atoms in total. The number of morpholine rings is 1. The molecule has 3 heterocycles. The molecule has 1 aromatic carbocycles. The van der Waals surface area contributed by atoms with Crippen LogP contribution in [-0.4, -0.2) is 64.4 Å². The van der Waals surface area contributed by atoms with Crippen LogP contribution in [0.5, 0.6) is 0 Å². The summed E-state index contributed by atoms with van der Waals surface area (Å²) in [6, 6.07) is 4.36. The number of nitrogens with zero attached hydrogens (tertiary/aromatic N) is 4. The number of carbonyl (C=O) groups is 1. The number of halogens is 1. The van der Waals surface area contributed by atoms with Crippen LogP contribution in [0.2, 0.25) is 0 Å². The van der Waals surface area contributed by atoms with Crippen molar-refractivity contribution in [3.8, 4) is 0 Å². The molecule has 2 aliphatic rings. The summed E-state index contributed by atoms with van der Waals surface area (Å²) < 4.78 is 21.6. The zero-order chi connectivity index (χ0) is 20.4. The normalized spacial score (nSPS) is 23.3. The number of hydrogen-bond donors (Lipinski definition) is 0. The van der Waals surface area contributed by atoms with Gasteiger partial charge in [0.25, 0.3) is 5.91 Å². The minimum Gasteiger partial charge on any atom is -0.373 e. The lowest BCUT2D eigenvalue weighted by atomic mass is 9.98. The number of likely N-dealkylation sites (tertiary alicyclic amines) is 1. The maximum Gasteiger partial charge on any atom is 0.254 e. The number of hydrogen-bond acceptors (Lipinski definition) is 4. The second-order valence-corrected chi connectivity index (χ2v) is 8.13. The van der Waals surface area contributed by atoms with E-state index in [1.165, 1.54) is 25.3 Å². The fraction of sp³-hybridized carbons (Fsp3) is 0.545. The average Bonchev–Trinajstić information content (AvgIpc) is 3.16. The average molecular weight is 400 g/mol. The van der Waals surface area contributed by atoms with E-state index in [0.717, 1.165) is 25.2 Å². The Kier molecular flexibility index (Phi) is 5.96. The lowest BCUT2D eigenvalue weighted by molar-refractivity contribution is -0.0741. The fourth-order valence-electron chi connectivity index (χ4n) is 4.44. The van der Waals surface area contributed by atoms with Crippen molar-refractivity contribution in [2.45, 2.75) is 38.3 Å². The predicted molar refractivity (Wildman–Crippen MR) is 108 cm³/mol. The van der Waals surface area contributed by atoms with Crippen LogP contribution < -0.4 is 0 Å². The summed E-state index contributed by atoms with van der Waals surface area (Å²) in [7, 11) is 1.88. The highest BCUT2D eigenvalue weighted by molar-refractivity contribution is 5.94. The van der Waals surface area contributed by atoms with Gasteiger partial charge in [0.2, 0.25) is 0 Å². The molecular formula is C22H29FN4O2. The molecule has 7 heteroatoms. The van der Waals surface area contributed by atoms with E-state index < -0.39 is 0 Å². The van der Waals surface area contributed by atoms with Gasteiger partial charge in [-0.3, -0.25) is 9.48 Å². The molecule has 0 radical (unpaired) electrons. The number of amides is 1. The molecule has 0 saturated carbocycles. The Hall–Kier alpha value is -2.25. The summed E-state index contributed by atoms with van der Waals surface area (Å²) in [4.78, 5) is 17.7. The Labute approximate surface area is 171 Å². The SMILES string of the molecule is Cc1cc(C(=O)N2CCO[C@@H](CN3CCCCC3)[C@@H]2c2cnn(C)c2)ccc1F. The lowest BCUT2D eigenvalue weighted by Crippen LogP contribution is -2.52. The fourth-order valence-corrected chi connectivity index (χ4v) is 4.44. The third-order valence-electron chi connectivity index (χ3n) is 5.97. The molecule has 0 aliphatic carbocycles. The smallest absolute Gasteiger partial charge is 0.254 e. The van der Waals surface area contributed by atoms with Crippen LogP contribution >= 0.6 is 0 Å². The van der Waals surface area contributed by atoms with Crippen molar-refractivity contribution in [1.82, 2.24) is 19.6 Å². The van der Waals surface area contributed by atoms with Crippen LogP contribution in [0.3, 0.4) is 0 Å². The molecule has 0 spiro atoms. The van der Waals surface area contributed by atoms with Gasteiger partial charge in [-0.2, -0.15) is 5.10 Å². The van der Waals surface area contributed by atoms with Crippen molar-refractivity contribution < 1.29 is 13.9 Å². The molecule has 0 unspecified atom stereocenters. The van der Waals surface area contributed by atoms with Crippen molar-refractivity contribution >= 4 is 5.91 Å². The van der Waals surface area contributed by atoms with Gasteiger partial charge in [0.1, 0.15) is 5.82 Å². The summed E-state index contributed by atoms with van der Waals surface area (Å²) in [6.07, 6.45) is 7.36. The molecule has 2 fully saturated rings. The van der Waals surface area contributed by atoms with Crippen LogP contribution in [0.4, 0.5) is 4.39 Å². The zero-order valence-electron chi connectivity index (χ0n) is 17.2. The van der Waals surface area contributed by atoms with Gasteiger partial charge in [0.15, 0.2) is 0 Å². The summed E-state index contributed by atoms with van der Waals surface area (Å²) in [5.74, 6) is -0.385. The molecule has 2 aliphatic heterocycles. The Balaban J connectivity index is 1.63. The third-order valence-corrected chi connectivity index (χ3v) is 5.97. The number of rotatable bonds is 4. The molecular weight excluding hydrogens is 371 g/mol. The van der Waals surface area contributed by atoms with E-state index in [0.29, 0.717) is 24.3 Å². The second kappa shape index (κ2) is 8.63. The Morgan fingerprint density at radius 2 is 2.03 bits per heavy atom. The predicted octanol–water partition coefficient (Wildman–Crippen LogP) is 2.94. The van der Waals surface area contributed by atoms with E-state index in [1.807, 2.05) is 24.3 Å². The van der Waals surface area contributed by atoms with Crippen LogP contribution in [-0.2, 0) is 11.8 Å². The lowest BCUT2D eigenvalue weighted by Gasteiger charge is -2.43. The van der Waals surface area contributed by atoms with Crippen molar-refractivity contribution in [3.63, 3.8) is 0 Å². The van der Waals surface area contributed by atoms with Gasteiger partial charge in [-0.15, -0.1) is 0 Å². The molecule has 1 amide bonds. The molecule has 0 bridgehead atoms. The Bertz CT molecular complexity index is 862. The van der Waals surface area contributed by atoms with Gasteiger partial charge in [-0.25, -0.2) is 4.39 Å². The Morgan fingerprint density at radius 3 is 2.72 bits per heavy atom.